The number of nitrogens with zero attached hydrogens (tertiary/aromatic N) is 1. The number of halogens is 1. The summed E-state index contributed by atoms with van der Waals surface area (Å²) >= 11 is 3.27. The van der Waals surface area contributed by atoms with Crippen LogP contribution >= 0.6 is 15.9 Å². The van der Waals surface area contributed by atoms with Gasteiger partial charge in [0.15, 0.2) is 5.82 Å². The summed E-state index contributed by atoms with van der Waals surface area (Å²) in [6.45, 7) is 1.75. The first-order chi connectivity index (χ1) is 8.57. The van der Waals surface area contributed by atoms with Gasteiger partial charge in [-0.3, -0.25) is 4.72 Å². The molecule has 0 bridgehead atoms. The summed E-state index contributed by atoms with van der Waals surface area (Å²) in [6.07, 6.45) is 3.55. The zero-order chi connectivity index (χ0) is 13.0. The molecule has 1 fully saturated rings. The number of aromatic nitrogens is 1. The Morgan fingerprint density at radius 1 is 1.56 bits per heavy atom. The second-order valence-corrected chi connectivity index (χ2v) is 7.05. The lowest BCUT2D eigenvalue weighted by Gasteiger charge is -2.22. The molecular weight excluding hydrogens is 318 g/mol. The van der Waals surface area contributed by atoms with Crippen molar-refractivity contribution < 1.29 is 8.42 Å². The lowest BCUT2D eigenvalue weighted by atomic mass is 10.0. The largest absolute Gasteiger partial charge is 0.316 e. The van der Waals surface area contributed by atoms with Crippen LogP contribution in [0.5, 0.6) is 0 Å². The van der Waals surface area contributed by atoms with Gasteiger partial charge in [0, 0.05) is 6.20 Å². The average molecular weight is 334 g/mol. The van der Waals surface area contributed by atoms with Crippen molar-refractivity contribution in [3.8, 4) is 0 Å². The van der Waals surface area contributed by atoms with Crippen molar-refractivity contribution in [1.82, 2.24) is 10.3 Å². The number of anilines is 1. The summed E-state index contributed by atoms with van der Waals surface area (Å²) in [5, 5.41) is 3.22. The standard InChI is InChI=1S/C11H16BrN3O2S/c12-10-4-2-6-14-11(10)15-18(16,17)8-9-3-1-5-13-7-9/h2,4,6,9,13H,1,3,5,7-8H2,(H,14,15). The minimum absolute atomic E-state index is 0.142. The summed E-state index contributed by atoms with van der Waals surface area (Å²) in [4.78, 5) is 4.00. The van der Waals surface area contributed by atoms with E-state index in [2.05, 4.69) is 31.0 Å². The highest BCUT2D eigenvalue weighted by Crippen LogP contribution is 2.21. The molecule has 0 aromatic carbocycles. The Kier molecular flexibility index (Phi) is 4.58. The van der Waals surface area contributed by atoms with Gasteiger partial charge in [-0.2, -0.15) is 0 Å². The zero-order valence-corrected chi connectivity index (χ0v) is 12.3. The van der Waals surface area contributed by atoms with Crippen molar-refractivity contribution in [1.29, 1.82) is 0 Å². The van der Waals surface area contributed by atoms with Crippen LogP contribution in [0.2, 0.25) is 0 Å². The van der Waals surface area contributed by atoms with Crippen molar-refractivity contribution in [3.05, 3.63) is 22.8 Å². The molecule has 1 aliphatic heterocycles. The van der Waals surface area contributed by atoms with Gasteiger partial charge < -0.3 is 5.32 Å². The van der Waals surface area contributed by atoms with Crippen LogP contribution in [0.3, 0.4) is 0 Å². The number of hydrogen-bond donors (Lipinski definition) is 2. The van der Waals surface area contributed by atoms with E-state index >= 15 is 0 Å². The topological polar surface area (TPSA) is 71.1 Å². The van der Waals surface area contributed by atoms with E-state index in [0.29, 0.717) is 10.3 Å². The van der Waals surface area contributed by atoms with Crippen LogP contribution in [0.1, 0.15) is 12.8 Å². The maximum Gasteiger partial charge on any atom is 0.234 e. The third-order valence-corrected chi connectivity index (χ3v) is 4.92. The fraction of sp³-hybridized carbons (Fsp3) is 0.545. The van der Waals surface area contributed by atoms with Crippen LogP contribution in [0.15, 0.2) is 22.8 Å². The van der Waals surface area contributed by atoms with Gasteiger partial charge in [0.25, 0.3) is 0 Å². The minimum Gasteiger partial charge on any atom is -0.316 e. The molecule has 2 rings (SSSR count). The molecule has 1 atom stereocenters. The Hall–Kier alpha value is -0.660. The Morgan fingerprint density at radius 2 is 2.39 bits per heavy atom. The third kappa shape index (κ3) is 3.93. The Morgan fingerprint density at radius 3 is 3.06 bits per heavy atom. The molecule has 2 N–H and O–H groups in total. The minimum atomic E-state index is -3.34. The molecule has 0 amide bonds. The monoisotopic (exact) mass is 333 g/mol. The van der Waals surface area contributed by atoms with Crippen LogP contribution in [0, 0.1) is 5.92 Å². The molecular formula is C11H16BrN3O2S. The highest BCUT2D eigenvalue weighted by molar-refractivity contribution is 9.10. The molecule has 100 valence electrons. The first-order valence-corrected chi connectivity index (χ1v) is 8.33. The van der Waals surface area contributed by atoms with E-state index in [1.165, 1.54) is 0 Å². The molecule has 1 unspecified atom stereocenters. The van der Waals surface area contributed by atoms with Gasteiger partial charge in [0.2, 0.25) is 10.0 Å². The van der Waals surface area contributed by atoms with Gasteiger partial charge in [-0.25, -0.2) is 13.4 Å². The van der Waals surface area contributed by atoms with Crippen molar-refractivity contribution in [2.45, 2.75) is 12.8 Å². The van der Waals surface area contributed by atoms with Crippen LogP contribution in [-0.4, -0.2) is 32.2 Å². The van der Waals surface area contributed by atoms with E-state index < -0.39 is 10.0 Å². The molecule has 0 aliphatic carbocycles. The average Bonchev–Trinajstić information content (AvgIpc) is 2.32. The molecule has 1 aromatic heterocycles. The molecule has 18 heavy (non-hydrogen) atoms. The summed E-state index contributed by atoms with van der Waals surface area (Å²) in [5.74, 6) is 0.670. The third-order valence-electron chi connectivity index (χ3n) is 2.86. The predicted octanol–water partition coefficient (Wildman–Crippen LogP) is 1.59. The summed E-state index contributed by atoms with van der Waals surface area (Å²) < 4.78 is 27.2. The molecule has 2 heterocycles. The fourth-order valence-electron chi connectivity index (χ4n) is 2.03. The number of rotatable bonds is 4. The SMILES string of the molecule is O=S(=O)(CC1CCCNC1)Nc1ncccc1Br. The highest BCUT2D eigenvalue weighted by atomic mass is 79.9. The molecule has 7 heteroatoms. The lowest BCUT2D eigenvalue weighted by molar-refractivity contribution is 0.404. The van der Waals surface area contributed by atoms with Crippen molar-refractivity contribution in [2.24, 2.45) is 5.92 Å². The number of nitrogens with one attached hydrogen (secondary N) is 2. The molecule has 1 saturated heterocycles. The predicted molar refractivity (Wildman–Crippen MR) is 74.9 cm³/mol. The van der Waals surface area contributed by atoms with Gasteiger partial charge in [0.1, 0.15) is 0 Å². The van der Waals surface area contributed by atoms with E-state index in [9.17, 15) is 8.42 Å². The maximum atomic E-state index is 12.0. The summed E-state index contributed by atoms with van der Waals surface area (Å²) in [6, 6.07) is 3.50. The Bertz CT molecular complexity index is 501. The van der Waals surface area contributed by atoms with Gasteiger partial charge in [-0.1, -0.05) is 0 Å². The fourth-order valence-corrected chi connectivity index (χ4v) is 3.96. The number of hydrogen-bond acceptors (Lipinski definition) is 4. The van der Waals surface area contributed by atoms with Crippen LogP contribution in [0.25, 0.3) is 0 Å². The number of piperidine rings is 1. The Balaban J connectivity index is 2.01. The smallest absolute Gasteiger partial charge is 0.234 e. The lowest BCUT2D eigenvalue weighted by Crippen LogP contribution is -2.35. The second-order valence-electron chi connectivity index (χ2n) is 4.43. The van der Waals surface area contributed by atoms with E-state index in [4.69, 9.17) is 0 Å². The van der Waals surface area contributed by atoms with E-state index in [1.807, 2.05) is 0 Å². The van der Waals surface area contributed by atoms with Crippen molar-refractivity contribution >= 4 is 31.8 Å². The maximum absolute atomic E-state index is 12.0. The quantitative estimate of drug-likeness (QED) is 0.877. The number of sulfonamides is 1. The van der Waals surface area contributed by atoms with Crippen LogP contribution in [0.4, 0.5) is 5.82 Å². The molecule has 5 nitrogen and oxygen atoms in total. The molecule has 0 spiro atoms. The molecule has 0 saturated carbocycles. The van der Waals surface area contributed by atoms with Crippen LogP contribution in [-0.2, 0) is 10.0 Å². The first kappa shape index (κ1) is 13.8. The second kappa shape index (κ2) is 5.99. The van der Waals surface area contributed by atoms with Gasteiger partial charge >= 0.3 is 0 Å². The normalized spacial score (nSPS) is 20.6. The number of pyridine rings is 1. The van der Waals surface area contributed by atoms with Crippen molar-refractivity contribution in [3.63, 3.8) is 0 Å². The molecule has 0 radical (unpaired) electrons. The van der Waals surface area contributed by atoms with Gasteiger partial charge in [0.05, 0.1) is 10.2 Å². The van der Waals surface area contributed by atoms with E-state index in [1.54, 1.807) is 18.3 Å². The first-order valence-electron chi connectivity index (χ1n) is 5.88. The van der Waals surface area contributed by atoms with Crippen molar-refractivity contribution in [2.75, 3.05) is 23.6 Å². The van der Waals surface area contributed by atoms with Crippen LogP contribution < -0.4 is 10.0 Å². The molecule has 1 aliphatic rings. The highest BCUT2D eigenvalue weighted by Gasteiger charge is 2.21. The van der Waals surface area contributed by atoms with E-state index in [-0.39, 0.29) is 11.7 Å². The van der Waals surface area contributed by atoms with Gasteiger partial charge in [-0.05, 0) is 59.9 Å². The summed E-state index contributed by atoms with van der Waals surface area (Å²) in [5.41, 5.74) is 0. The Labute approximate surface area is 116 Å². The molecule has 1 aromatic rings. The van der Waals surface area contributed by atoms with E-state index in [0.717, 1.165) is 25.9 Å². The summed E-state index contributed by atoms with van der Waals surface area (Å²) in [7, 11) is -3.34. The zero-order valence-electron chi connectivity index (χ0n) is 9.89. The van der Waals surface area contributed by atoms with Gasteiger partial charge in [-0.15, -0.1) is 0 Å².